The van der Waals surface area contributed by atoms with Crippen molar-refractivity contribution in [2.45, 2.75) is 51.9 Å². The van der Waals surface area contributed by atoms with E-state index in [-0.39, 0.29) is 11.3 Å². The van der Waals surface area contributed by atoms with Gasteiger partial charge >= 0.3 is 5.91 Å². The summed E-state index contributed by atoms with van der Waals surface area (Å²) in [5, 5.41) is 0. The maximum Gasteiger partial charge on any atom is 0.310 e. The first-order valence-electron chi connectivity index (χ1n) is 9.63. The number of Topliss-reactive ketones (excluding diaryl/α,β-unsaturated/α-hetero) is 1. The van der Waals surface area contributed by atoms with Crippen molar-refractivity contribution < 1.29 is 14.4 Å². The minimum absolute atomic E-state index is 0.116. The highest BCUT2D eigenvalue weighted by atomic mass is 16.2. The Kier molecular flexibility index (Phi) is 4.33. The molecule has 4 aliphatic rings. The van der Waals surface area contributed by atoms with Gasteiger partial charge in [0.15, 0.2) is 0 Å². The lowest BCUT2D eigenvalue weighted by Gasteiger charge is -2.56. The number of carbonyl (C=O) groups excluding carboxylic acids is 3. The van der Waals surface area contributed by atoms with Gasteiger partial charge in [-0.1, -0.05) is 29.8 Å². The van der Waals surface area contributed by atoms with Crippen LogP contribution in [0.3, 0.4) is 0 Å². The van der Waals surface area contributed by atoms with E-state index >= 15 is 0 Å². The van der Waals surface area contributed by atoms with Crippen molar-refractivity contribution in [2.75, 3.05) is 0 Å². The minimum Gasteiger partial charge on any atom is -0.283 e. The minimum atomic E-state index is -0.798. The van der Waals surface area contributed by atoms with E-state index in [1.54, 1.807) is 24.3 Å². The first-order valence-corrected chi connectivity index (χ1v) is 9.63. The number of hydrazine groups is 1. The molecule has 2 amide bonds. The van der Waals surface area contributed by atoms with Crippen LogP contribution in [0.5, 0.6) is 0 Å². The van der Waals surface area contributed by atoms with Crippen molar-refractivity contribution in [1.29, 1.82) is 0 Å². The molecular weight excluding hydrogens is 328 g/mol. The standard InChI is InChI=1S/C21H26N2O3/c1-13-2-4-17(5-3-13)19(25)20(26)23-22-18(24)12-21-9-14-6-15(10-21)8-16(7-14)11-21/h2-5,14-16H,6-12H2,1H3,(H,22,24)(H,23,26). The average molecular weight is 354 g/mol. The van der Waals surface area contributed by atoms with Gasteiger partial charge in [-0.3, -0.25) is 25.2 Å². The van der Waals surface area contributed by atoms with Crippen molar-refractivity contribution >= 4 is 17.6 Å². The summed E-state index contributed by atoms with van der Waals surface area (Å²) >= 11 is 0. The summed E-state index contributed by atoms with van der Waals surface area (Å²) in [4.78, 5) is 36.5. The summed E-state index contributed by atoms with van der Waals surface area (Å²) in [6, 6.07) is 6.81. The molecule has 0 radical (unpaired) electrons. The van der Waals surface area contributed by atoms with Gasteiger partial charge in [-0.05, 0) is 68.6 Å². The fourth-order valence-electron chi connectivity index (χ4n) is 5.91. The molecular formula is C21H26N2O3. The van der Waals surface area contributed by atoms with Crippen molar-refractivity contribution in [1.82, 2.24) is 10.9 Å². The van der Waals surface area contributed by atoms with E-state index in [1.807, 2.05) is 6.92 Å². The van der Waals surface area contributed by atoms with Gasteiger partial charge in [-0.25, -0.2) is 0 Å². The van der Waals surface area contributed by atoms with Gasteiger partial charge in [0.25, 0.3) is 5.78 Å². The quantitative estimate of drug-likeness (QED) is 0.496. The monoisotopic (exact) mass is 354 g/mol. The predicted molar refractivity (Wildman–Crippen MR) is 97.0 cm³/mol. The van der Waals surface area contributed by atoms with E-state index in [4.69, 9.17) is 0 Å². The van der Waals surface area contributed by atoms with E-state index < -0.39 is 11.7 Å². The topological polar surface area (TPSA) is 75.3 Å². The molecule has 0 aliphatic heterocycles. The van der Waals surface area contributed by atoms with Crippen LogP contribution in [0.25, 0.3) is 0 Å². The zero-order chi connectivity index (χ0) is 18.3. The summed E-state index contributed by atoms with van der Waals surface area (Å²) in [6.45, 7) is 1.92. The van der Waals surface area contributed by atoms with Crippen LogP contribution in [0.2, 0.25) is 0 Å². The molecule has 0 unspecified atom stereocenters. The van der Waals surface area contributed by atoms with Crippen LogP contribution in [-0.4, -0.2) is 17.6 Å². The average Bonchev–Trinajstić information content (AvgIpc) is 2.58. The predicted octanol–water partition coefficient (Wildman–Crippen LogP) is 2.93. The Morgan fingerprint density at radius 2 is 1.46 bits per heavy atom. The highest BCUT2D eigenvalue weighted by Crippen LogP contribution is 2.61. The molecule has 4 aliphatic carbocycles. The van der Waals surface area contributed by atoms with Crippen molar-refractivity contribution in [3.63, 3.8) is 0 Å². The maximum absolute atomic E-state index is 12.4. The first-order chi connectivity index (χ1) is 12.4. The highest BCUT2D eigenvalue weighted by molar-refractivity contribution is 6.42. The number of amides is 2. The lowest BCUT2D eigenvalue weighted by molar-refractivity contribution is -0.133. The molecule has 5 nitrogen and oxygen atoms in total. The van der Waals surface area contributed by atoms with Crippen LogP contribution in [0.15, 0.2) is 24.3 Å². The third kappa shape index (κ3) is 3.39. The molecule has 0 aromatic heterocycles. The molecule has 2 N–H and O–H groups in total. The van der Waals surface area contributed by atoms with Crippen LogP contribution < -0.4 is 10.9 Å². The molecule has 1 aromatic carbocycles. The van der Waals surface area contributed by atoms with Gasteiger partial charge in [-0.2, -0.15) is 0 Å². The lowest BCUT2D eigenvalue weighted by Crippen LogP contribution is -2.50. The van der Waals surface area contributed by atoms with E-state index in [1.165, 1.54) is 19.3 Å². The Balaban J connectivity index is 1.31. The highest BCUT2D eigenvalue weighted by Gasteiger charge is 2.51. The van der Waals surface area contributed by atoms with Gasteiger partial charge in [-0.15, -0.1) is 0 Å². The molecule has 0 spiro atoms. The Morgan fingerprint density at radius 3 is 2.00 bits per heavy atom. The molecule has 5 rings (SSSR count). The third-order valence-corrected chi connectivity index (χ3v) is 6.54. The fourth-order valence-corrected chi connectivity index (χ4v) is 5.91. The second-order valence-corrected chi connectivity index (χ2v) is 8.79. The van der Waals surface area contributed by atoms with Gasteiger partial charge < -0.3 is 0 Å². The largest absolute Gasteiger partial charge is 0.310 e. The Hall–Kier alpha value is -2.17. The maximum atomic E-state index is 12.4. The fraction of sp³-hybridized carbons (Fsp3) is 0.571. The summed E-state index contributed by atoms with van der Waals surface area (Å²) in [5.74, 6) is 0.732. The molecule has 138 valence electrons. The number of aryl methyl sites for hydroxylation is 1. The Morgan fingerprint density at radius 1 is 0.923 bits per heavy atom. The zero-order valence-corrected chi connectivity index (χ0v) is 15.2. The van der Waals surface area contributed by atoms with Crippen molar-refractivity contribution in [3.8, 4) is 0 Å². The van der Waals surface area contributed by atoms with Gasteiger partial charge in [0.2, 0.25) is 5.91 Å². The van der Waals surface area contributed by atoms with Crippen LogP contribution in [-0.2, 0) is 9.59 Å². The number of carbonyl (C=O) groups is 3. The van der Waals surface area contributed by atoms with E-state index in [0.717, 1.165) is 42.6 Å². The van der Waals surface area contributed by atoms with Gasteiger partial charge in [0.05, 0.1) is 0 Å². The van der Waals surface area contributed by atoms with Crippen LogP contribution in [0.4, 0.5) is 0 Å². The molecule has 0 atom stereocenters. The van der Waals surface area contributed by atoms with E-state index in [2.05, 4.69) is 10.9 Å². The van der Waals surface area contributed by atoms with Crippen LogP contribution in [0.1, 0.15) is 60.9 Å². The van der Waals surface area contributed by atoms with Crippen molar-refractivity contribution in [2.24, 2.45) is 23.2 Å². The second kappa shape index (κ2) is 6.53. The summed E-state index contributed by atoms with van der Waals surface area (Å²) in [7, 11) is 0. The lowest BCUT2D eigenvalue weighted by atomic mass is 9.49. The van der Waals surface area contributed by atoms with E-state index in [0.29, 0.717) is 12.0 Å². The molecule has 1 aromatic rings. The molecule has 4 bridgehead atoms. The summed E-state index contributed by atoms with van der Waals surface area (Å²) < 4.78 is 0. The van der Waals surface area contributed by atoms with Crippen molar-refractivity contribution in [3.05, 3.63) is 35.4 Å². The number of benzene rings is 1. The summed E-state index contributed by atoms with van der Waals surface area (Å²) in [6.07, 6.45) is 7.89. The van der Waals surface area contributed by atoms with Crippen LogP contribution in [0, 0.1) is 30.1 Å². The third-order valence-electron chi connectivity index (χ3n) is 6.54. The normalized spacial score (nSPS) is 31.5. The van der Waals surface area contributed by atoms with E-state index in [9.17, 15) is 14.4 Å². The number of hydrogen-bond donors (Lipinski definition) is 2. The smallest absolute Gasteiger partial charge is 0.283 e. The number of nitrogens with one attached hydrogen (secondary N) is 2. The number of rotatable bonds is 4. The molecule has 4 fully saturated rings. The molecule has 26 heavy (non-hydrogen) atoms. The van der Waals surface area contributed by atoms with Gasteiger partial charge in [0.1, 0.15) is 0 Å². The molecule has 4 saturated carbocycles. The summed E-state index contributed by atoms with van der Waals surface area (Å²) in [5.41, 5.74) is 6.21. The SMILES string of the molecule is Cc1ccc(C(=O)C(=O)NNC(=O)CC23CC4CC(CC(C4)C2)C3)cc1. The number of hydrogen-bond acceptors (Lipinski definition) is 3. The first kappa shape index (κ1) is 17.3. The Bertz CT molecular complexity index is 703. The molecule has 5 heteroatoms. The molecule has 0 saturated heterocycles. The second-order valence-electron chi connectivity index (χ2n) is 8.79. The van der Waals surface area contributed by atoms with Crippen LogP contribution >= 0.6 is 0 Å². The Labute approximate surface area is 153 Å². The zero-order valence-electron chi connectivity index (χ0n) is 15.2. The van der Waals surface area contributed by atoms with Gasteiger partial charge in [0, 0.05) is 12.0 Å². The number of ketones is 1. The molecule has 0 heterocycles.